The Morgan fingerprint density at radius 1 is 1.13 bits per heavy atom. The second-order valence-electron chi connectivity index (χ2n) is 6.37. The van der Waals surface area contributed by atoms with Gasteiger partial charge in [-0.15, -0.1) is 0 Å². The van der Waals surface area contributed by atoms with Gasteiger partial charge in [0.05, 0.1) is 23.9 Å². The highest BCUT2D eigenvalue weighted by Gasteiger charge is 2.70. The van der Waals surface area contributed by atoms with E-state index in [2.05, 4.69) is 25.1 Å². The van der Waals surface area contributed by atoms with Crippen LogP contribution in [-0.2, 0) is 14.9 Å². The summed E-state index contributed by atoms with van der Waals surface area (Å²) in [6.45, 7) is 4.43. The largest absolute Gasteiger partial charge is 0.466 e. The van der Waals surface area contributed by atoms with Crippen LogP contribution in [0.4, 0.5) is 5.69 Å². The Morgan fingerprint density at radius 3 is 2.57 bits per heavy atom. The maximum atomic E-state index is 12.5. The van der Waals surface area contributed by atoms with Gasteiger partial charge in [-0.3, -0.25) is 9.79 Å². The zero-order valence-electron chi connectivity index (χ0n) is 13.3. The van der Waals surface area contributed by atoms with E-state index in [-0.39, 0.29) is 23.2 Å². The topological polar surface area (TPSA) is 38.7 Å². The number of aliphatic imine (C=N–C) groups is 1. The summed E-state index contributed by atoms with van der Waals surface area (Å²) in [4.78, 5) is 17.4. The average Bonchev–Trinajstić information content (AvgIpc) is 3.22. The van der Waals surface area contributed by atoms with Crippen LogP contribution in [0.5, 0.6) is 0 Å². The summed E-state index contributed by atoms with van der Waals surface area (Å²) in [5, 5.41) is 0. The maximum Gasteiger partial charge on any atom is 0.310 e. The quantitative estimate of drug-likeness (QED) is 0.807. The van der Waals surface area contributed by atoms with Crippen molar-refractivity contribution in [1.82, 2.24) is 0 Å². The lowest BCUT2D eigenvalue weighted by atomic mass is 9.87. The molecule has 0 saturated heterocycles. The molecule has 0 aromatic heterocycles. The zero-order valence-corrected chi connectivity index (χ0v) is 13.3. The van der Waals surface area contributed by atoms with Crippen LogP contribution in [0.1, 0.15) is 25.0 Å². The van der Waals surface area contributed by atoms with Crippen LogP contribution in [0.2, 0.25) is 0 Å². The summed E-state index contributed by atoms with van der Waals surface area (Å²) < 4.78 is 5.33. The van der Waals surface area contributed by atoms with E-state index in [1.165, 1.54) is 0 Å². The molecule has 116 valence electrons. The predicted molar refractivity (Wildman–Crippen MR) is 90.0 cm³/mol. The van der Waals surface area contributed by atoms with Gasteiger partial charge in [-0.1, -0.05) is 55.5 Å². The monoisotopic (exact) mass is 305 g/mol. The smallest absolute Gasteiger partial charge is 0.310 e. The molecule has 3 unspecified atom stereocenters. The number of hydrogen-bond donors (Lipinski definition) is 0. The molecule has 4 rings (SSSR count). The number of rotatable bonds is 3. The number of esters is 1. The van der Waals surface area contributed by atoms with Gasteiger partial charge in [-0.05, 0) is 24.1 Å². The zero-order chi connectivity index (χ0) is 16.0. The summed E-state index contributed by atoms with van der Waals surface area (Å²) in [7, 11) is 0. The van der Waals surface area contributed by atoms with Crippen molar-refractivity contribution in [2.24, 2.45) is 16.8 Å². The minimum absolute atomic E-state index is 0.0962. The molecule has 1 heterocycles. The molecule has 0 amide bonds. The molecule has 3 atom stereocenters. The van der Waals surface area contributed by atoms with Crippen LogP contribution in [0.15, 0.2) is 59.6 Å². The average molecular weight is 305 g/mol. The summed E-state index contributed by atoms with van der Waals surface area (Å²) in [5.41, 5.74) is 4.00. The van der Waals surface area contributed by atoms with Gasteiger partial charge >= 0.3 is 5.97 Å². The van der Waals surface area contributed by atoms with E-state index in [4.69, 9.17) is 9.73 Å². The number of hydrogen-bond acceptors (Lipinski definition) is 3. The molecule has 1 fully saturated rings. The summed E-state index contributed by atoms with van der Waals surface area (Å²) in [6, 6.07) is 18.3. The third-order valence-corrected chi connectivity index (χ3v) is 5.15. The van der Waals surface area contributed by atoms with E-state index >= 15 is 0 Å². The lowest BCUT2D eigenvalue weighted by molar-refractivity contribution is -0.145. The number of benzene rings is 2. The van der Waals surface area contributed by atoms with Gasteiger partial charge < -0.3 is 4.74 Å². The van der Waals surface area contributed by atoms with E-state index in [1.807, 2.05) is 43.3 Å². The van der Waals surface area contributed by atoms with Gasteiger partial charge in [0.1, 0.15) is 0 Å². The number of carbonyl (C=O) groups is 1. The van der Waals surface area contributed by atoms with Gasteiger partial charge in [-0.25, -0.2) is 0 Å². The van der Waals surface area contributed by atoms with Crippen LogP contribution in [0, 0.1) is 11.8 Å². The summed E-state index contributed by atoms with van der Waals surface area (Å²) >= 11 is 0. The molecule has 2 aliphatic rings. The molecule has 23 heavy (non-hydrogen) atoms. The second kappa shape index (κ2) is 5.05. The fourth-order valence-electron chi connectivity index (χ4n) is 3.98. The van der Waals surface area contributed by atoms with E-state index in [0.29, 0.717) is 6.61 Å². The highest BCUT2D eigenvalue weighted by atomic mass is 16.5. The van der Waals surface area contributed by atoms with Crippen molar-refractivity contribution in [2.75, 3.05) is 6.61 Å². The SMILES string of the molecule is CCOC(=O)C1C2C(c3ccccc3)=Nc3ccccc3C12C. The van der Waals surface area contributed by atoms with Crippen LogP contribution in [0.25, 0.3) is 0 Å². The highest BCUT2D eigenvalue weighted by Crippen LogP contribution is 2.65. The van der Waals surface area contributed by atoms with Crippen LogP contribution < -0.4 is 0 Å². The first-order chi connectivity index (χ1) is 11.2. The molecule has 1 saturated carbocycles. The van der Waals surface area contributed by atoms with E-state index in [1.54, 1.807) is 0 Å². The Labute approximate surface area is 136 Å². The minimum atomic E-state index is -0.213. The van der Waals surface area contributed by atoms with Crippen molar-refractivity contribution < 1.29 is 9.53 Å². The molecule has 2 aromatic rings. The number of para-hydroxylation sites is 1. The van der Waals surface area contributed by atoms with E-state index in [9.17, 15) is 4.79 Å². The van der Waals surface area contributed by atoms with Crippen molar-refractivity contribution >= 4 is 17.4 Å². The van der Waals surface area contributed by atoms with Gasteiger partial charge in [-0.2, -0.15) is 0 Å². The van der Waals surface area contributed by atoms with Crippen LogP contribution >= 0.6 is 0 Å². The summed E-state index contributed by atoms with van der Waals surface area (Å²) in [5.74, 6) is -0.163. The molecule has 1 aliphatic heterocycles. The fourth-order valence-corrected chi connectivity index (χ4v) is 3.98. The standard InChI is InChI=1S/C20H19NO2/c1-3-23-19(22)17-16-18(13-9-5-4-6-10-13)21-15-12-8-7-11-14(15)20(16,17)2/h4-12,16-17H,3H2,1-2H3. The van der Waals surface area contributed by atoms with Gasteiger partial charge in [0.25, 0.3) is 0 Å². The van der Waals surface area contributed by atoms with Crippen LogP contribution in [-0.4, -0.2) is 18.3 Å². The first-order valence-corrected chi connectivity index (χ1v) is 8.08. The molecule has 1 aliphatic carbocycles. The molecular weight excluding hydrogens is 286 g/mol. The first kappa shape index (κ1) is 14.2. The predicted octanol–water partition coefficient (Wildman–Crippen LogP) is 3.89. The molecule has 3 nitrogen and oxygen atoms in total. The molecule has 3 heteroatoms. The minimum Gasteiger partial charge on any atom is -0.466 e. The van der Waals surface area contributed by atoms with E-state index < -0.39 is 0 Å². The second-order valence-corrected chi connectivity index (χ2v) is 6.37. The van der Waals surface area contributed by atoms with Crippen molar-refractivity contribution in [3.63, 3.8) is 0 Å². The number of nitrogens with zero attached hydrogens (tertiary/aromatic N) is 1. The Balaban J connectivity index is 1.86. The molecule has 2 aromatic carbocycles. The highest BCUT2D eigenvalue weighted by molar-refractivity contribution is 6.11. The van der Waals surface area contributed by atoms with E-state index in [0.717, 1.165) is 22.5 Å². The Bertz CT molecular complexity index is 796. The molecule has 0 N–H and O–H groups in total. The lowest BCUT2D eigenvalue weighted by Gasteiger charge is -2.21. The van der Waals surface area contributed by atoms with Crippen molar-refractivity contribution in [3.8, 4) is 0 Å². The normalized spacial score (nSPS) is 27.5. The molecule has 0 bridgehead atoms. The molecule has 0 radical (unpaired) electrons. The van der Waals surface area contributed by atoms with Gasteiger partial charge in [0.15, 0.2) is 0 Å². The number of carbonyl (C=O) groups excluding carboxylic acids is 1. The Hall–Kier alpha value is -2.42. The maximum absolute atomic E-state index is 12.5. The molecular formula is C20H19NO2. The summed E-state index contributed by atoms with van der Waals surface area (Å²) in [6.07, 6.45) is 0. The van der Waals surface area contributed by atoms with Gasteiger partial charge in [0, 0.05) is 11.3 Å². The van der Waals surface area contributed by atoms with Crippen molar-refractivity contribution in [3.05, 3.63) is 65.7 Å². The first-order valence-electron chi connectivity index (χ1n) is 8.08. The Morgan fingerprint density at radius 2 is 1.83 bits per heavy atom. The molecule has 0 spiro atoms. The fraction of sp³-hybridized carbons (Fsp3) is 0.300. The van der Waals surface area contributed by atoms with Gasteiger partial charge in [0.2, 0.25) is 0 Å². The Kier molecular flexibility index (Phi) is 3.12. The van der Waals surface area contributed by atoms with Crippen molar-refractivity contribution in [1.29, 1.82) is 0 Å². The van der Waals surface area contributed by atoms with Crippen molar-refractivity contribution in [2.45, 2.75) is 19.3 Å². The van der Waals surface area contributed by atoms with Crippen LogP contribution in [0.3, 0.4) is 0 Å². The third-order valence-electron chi connectivity index (χ3n) is 5.15. The number of ether oxygens (including phenoxy) is 1. The lowest BCUT2D eigenvalue weighted by Crippen LogP contribution is -2.17. The third kappa shape index (κ3) is 1.96. The number of fused-ring (bicyclic) bond motifs is 3.